The summed E-state index contributed by atoms with van der Waals surface area (Å²) in [6.45, 7) is 1.58. The summed E-state index contributed by atoms with van der Waals surface area (Å²) in [7, 11) is 0. The third-order valence-electron chi connectivity index (χ3n) is 3.89. The molecular formula is C12H23ClN2O. The molecule has 1 aliphatic heterocycles. The summed E-state index contributed by atoms with van der Waals surface area (Å²) < 4.78 is 0. The molecule has 0 aromatic rings. The third kappa shape index (κ3) is 2.89. The van der Waals surface area contributed by atoms with Crippen molar-refractivity contribution in [3.05, 3.63) is 0 Å². The van der Waals surface area contributed by atoms with E-state index in [4.69, 9.17) is 5.73 Å². The molecule has 0 aromatic carbocycles. The second-order valence-corrected chi connectivity index (χ2v) is 4.90. The zero-order chi connectivity index (χ0) is 10.7. The maximum atomic E-state index is 12.2. The number of halogens is 1. The number of piperidine rings is 1. The molecule has 0 radical (unpaired) electrons. The molecule has 1 atom stereocenters. The Hall–Kier alpha value is -0.280. The molecule has 0 spiro atoms. The average molecular weight is 247 g/mol. The first-order chi connectivity index (χ1) is 7.33. The number of rotatable bonds is 2. The summed E-state index contributed by atoms with van der Waals surface area (Å²) in [6, 6.07) is 0.326. The van der Waals surface area contributed by atoms with Gasteiger partial charge in [0.25, 0.3) is 0 Å². The van der Waals surface area contributed by atoms with Crippen LogP contribution in [-0.4, -0.2) is 29.9 Å². The highest BCUT2D eigenvalue weighted by atomic mass is 35.5. The van der Waals surface area contributed by atoms with Crippen LogP contribution in [0, 0.1) is 5.92 Å². The quantitative estimate of drug-likeness (QED) is 0.810. The topological polar surface area (TPSA) is 46.3 Å². The van der Waals surface area contributed by atoms with Crippen molar-refractivity contribution >= 4 is 18.3 Å². The van der Waals surface area contributed by atoms with Gasteiger partial charge in [-0.3, -0.25) is 4.79 Å². The van der Waals surface area contributed by atoms with Gasteiger partial charge in [0.1, 0.15) is 0 Å². The number of amides is 1. The van der Waals surface area contributed by atoms with Gasteiger partial charge in [0.15, 0.2) is 0 Å². The van der Waals surface area contributed by atoms with E-state index in [0.29, 0.717) is 24.4 Å². The van der Waals surface area contributed by atoms with Gasteiger partial charge in [0, 0.05) is 25.0 Å². The normalized spacial score (nSPS) is 26.6. The molecule has 0 aromatic heterocycles. The minimum Gasteiger partial charge on any atom is -0.338 e. The number of nitrogens with zero attached hydrogens (tertiary/aromatic N) is 1. The zero-order valence-corrected chi connectivity index (χ0v) is 10.7. The molecule has 1 heterocycles. The predicted octanol–water partition coefficient (Wildman–Crippen LogP) is 1.94. The Bertz CT molecular complexity index is 229. The van der Waals surface area contributed by atoms with Crippen molar-refractivity contribution in [3.63, 3.8) is 0 Å². The second-order valence-electron chi connectivity index (χ2n) is 4.90. The molecule has 0 bridgehead atoms. The van der Waals surface area contributed by atoms with Gasteiger partial charge in [0.2, 0.25) is 5.91 Å². The molecule has 94 valence electrons. The van der Waals surface area contributed by atoms with E-state index in [1.807, 2.05) is 0 Å². The highest BCUT2D eigenvalue weighted by molar-refractivity contribution is 5.85. The number of carbonyl (C=O) groups is 1. The average Bonchev–Trinajstić information content (AvgIpc) is 2.81. The van der Waals surface area contributed by atoms with E-state index < -0.39 is 0 Å². The van der Waals surface area contributed by atoms with E-state index in [1.54, 1.807) is 0 Å². The molecular weight excluding hydrogens is 224 g/mol. The van der Waals surface area contributed by atoms with Crippen LogP contribution in [0.25, 0.3) is 0 Å². The Kier molecular flexibility index (Phi) is 5.56. The van der Waals surface area contributed by atoms with Crippen molar-refractivity contribution in [2.75, 3.05) is 13.1 Å². The third-order valence-corrected chi connectivity index (χ3v) is 3.89. The summed E-state index contributed by atoms with van der Waals surface area (Å²) in [5.74, 6) is 0.708. The Labute approximate surface area is 104 Å². The number of hydrogen-bond acceptors (Lipinski definition) is 2. The summed E-state index contributed by atoms with van der Waals surface area (Å²) in [6.07, 6.45) is 8.18. The number of carbonyl (C=O) groups excluding carboxylic acids is 1. The molecule has 4 heteroatoms. The van der Waals surface area contributed by atoms with Gasteiger partial charge in [-0.05, 0) is 32.1 Å². The zero-order valence-electron chi connectivity index (χ0n) is 9.86. The van der Waals surface area contributed by atoms with Crippen LogP contribution in [0.2, 0.25) is 0 Å². The van der Waals surface area contributed by atoms with Crippen molar-refractivity contribution in [3.8, 4) is 0 Å². The predicted molar refractivity (Wildman–Crippen MR) is 67.6 cm³/mol. The van der Waals surface area contributed by atoms with Gasteiger partial charge in [0.05, 0.1) is 0 Å². The van der Waals surface area contributed by atoms with Gasteiger partial charge in [-0.2, -0.15) is 0 Å². The first kappa shape index (κ1) is 13.8. The standard InChI is InChI=1S/C12H22N2O.ClH/c13-9-11-7-3-4-8-14(11)12(15)10-5-1-2-6-10;/h10-11H,1-9,13H2;1H. The lowest BCUT2D eigenvalue weighted by molar-refractivity contribution is -0.138. The Morgan fingerprint density at radius 1 is 1.12 bits per heavy atom. The van der Waals surface area contributed by atoms with Crippen LogP contribution >= 0.6 is 12.4 Å². The van der Waals surface area contributed by atoms with Gasteiger partial charge < -0.3 is 10.6 Å². The molecule has 1 unspecified atom stereocenters. The van der Waals surface area contributed by atoms with E-state index in [0.717, 1.165) is 32.2 Å². The summed E-state index contributed by atoms with van der Waals surface area (Å²) >= 11 is 0. The van der Waals surface area contributed by atoms with Crippen LogP contribution in [-0.2, 0) is 4.79 Å². The fraction of sp³-hybridized carbons (Fsp3) is 0.917. The lowest BCUT2D eigenvalue weighted by atomic mass is 9.98. The highest BCUT2D eigenvalue weighted by Gasteiger charge is 2.31. The van der Waals surface area contributed by atoms with Crippen LogP contribution < -0.4 is 5.73 Å². The molecule has 2 aliphatic rings. The SMILES string of the molecule is Cl.NCC1CCCCN1C(=O)C1CCCC1. The van der Waals surface area contributed by atoms with Crippen LogP contribution in [0.4, 0.5) is 0 Å². The van der Waals surface area contributed by atoms with Gasteiger partial charge >= 0.3 is 0 Å². The van der Waals surface area contributed by atoms with E-state index in [2.05, 4.69) is 4.90 Å². The van der Waals surface area contributed by atoms with Crippen molar-refractivity contribution in [1.82, 2.24) is 4.90 Å². The molecule has 2 fully saturated rings. The number of likely N-dealkylation sites (tertiary alicyclic amines) is 1. The Balaban J connectivity index is 0.00000128. The summed E-state index contributed by atoms with van der Waals surface area (Å²) in [5, 5.41) is 0. The van der Waals surface area contributed by atoms with Crippen molar-refractivity contribution in [1.29, 1.82) is 0 Å². The molecule has 1 saturated carbocycles. The molecule has 2 N–H and O–H groups in total. The van der Waals surface area contributed by atoms with Crippen molar-refractivity contribution in [2.24, 2.45) is 11.7 Å². The van der Waals surface area contributed by atoms with E-state index >= 15 is 0 Å². The molecule has 3 nitrogen and oxygen atoms in total. The van der Waals surface area contributed by atoms with Crippen LogP contribution in [0.1, 0.15) is 44.9 Å². The smallest absolute Gasteiger partial charge is 0.225 e. The fourth-order valence-electron chi connectivity index (χ4n) is 2.94. The van der Waals surface area contributed by atoms with E-state index in [-0.39, 0.29) is 12.4 Å². The van der Waals surface area contributed by atoms with Crippen molar-refractivity contribution < 1.29 is 4.79 Å². The lowest BCUT2D eigenvalue weighted by Gasteiger charge is -2.36. The Morgan fingerprint density at radius 2 is 1.75 bits per heavy atom. The first-order valence-electron chi connectivity index (χ1n) is 6.33. The number of hydrogen-bond donors (Lipinski definition) is 1. The summed E-state index contributed by atoms with van der Waals surface area (Å²) in [5.41, 5.74) is 5.74. The van der Waals surface area contributed by atoms with E-state index in [1.165, 1.54) is 19.3 Å². The molecule has 1 amide bonds. The monoisotopic (exact) mass is 246 g/mol. The van der Waals surface area contributed by atoms with E-state index in [9.17, 15) is 4.79 Å². The minimum atomic E-state index is 0. The van der Waals surface area contributed by atoms with Crippen LogP contribution in [0.3, 0.4) is 0 Å². The minimum absolute atomic E-state index is 0. The number of nitrogens with two attached hydrogens (primary N) is 1. The molecule has 16 heavy (non-hydrogen) atoms. The Morgan fingerprint density at radius 3 is 2.38 bits per heavy atom. The molecule has 1 saturated heterocycles. The maximum Gasteiger partial charge on any atom is 0.225 e. The van der Waals surface area contributed by atoms with Gasteiger partial charge in [-0.1, -0.05) is 12.8 Å². The first-order valence-corrected chi connectivity index (χ1v) is 6.33. The van der Waals surface area contributed by atoms with Crippen LogP contribution in [0.5, 0.6) is 0 Å². The second kappa shape index (κ2) is 6.45. The fourth-order valence-corrected chi connectivity index (χ4v) is 2.94. The largest absolute Gasteiger partial charge is 0.338 e. The maximum absolute atomic E-state index is 12.2. The summed E-state index contributed by atoms with van der Waals surface area (Å²) in [4.78, 5) is 14.3. The molecule has 1 aliphatic carbocycles. The molecule has 2 rings (SSSR count). The lowest BCUT2D eigenvalue weighted by Crippen LogP contribution is -2.49. The van der Waals surface area contributed by atoms with Gasteiger partial charge in [-0.15, -0.1) is 12.4 Å². The highest BCUT2D eigenvalue weighted by Crippen LogP contribution is 2.29. The van der Waals surface area contributed by atoms with Crippen LogP contribution in [0.15, 0.2) is 0 Å². The van der Waals surface area contributed by atoms with Crippen molar-refractivity contribution in [2.45, 2.75) is 51.0 Å². The van der Waals surface area contributed by atoms with Gasteiger partial charge in [-0.25, -0.2) is 0 Å².